The first-order valence-corrected chi connectivity index (χ1v) is 7.32. The monoisotopic (exact) mass is 293 g/mol. The van der Waals surface area contributed by atoms with Crippen LogP contribution in [0.4, 0.5) is 0 Å². The molecule has 100 valence electrons. The summed E-state index contributed by atoms with van der Waals surface area (Å²) in [5.41, 5.74) is 2.22. The number of nitrogens with zero attached hydrogens (tertiary/aromatic N) is 1. The summed E-state index contributed by atoms with van der Waals surface area (Å²) in [5, 5.41) is 0. The van der Waals surface area contributed by atoms with Gasteiger partial charge in [0.25, 0.3) is 0 Å². The molecular formula is C14H15NO2S2. The Labute approximate surface area is 122 Å². The maximum atomic E-state index is 10.9. The van der Waals surface area contributed by atoms with Crippen molar-refractivity contribution in [2.75, 3.05) is 19.4 Å². The highest BCUT2D eigenvalue weighted by atomic mass is 32.2. The Hall–Kier alpha value is -1.33. The third kappa shape index (κ3) is 4.36. The van der Waals surface area contributed by atoms with Crippen molar-refractivity contribution in [1.82, 2.24) is 4.90 Å². The van der Waals surface area contributed by atoms with E-state index in [-0.39, 0.29) is 5.97 Å². The van der Waals surface area contributed by atoms with E-state index in [1.807, 2.05) is 30.1 Å². The second kappa shape index (κ2) is 6.73. The van der Waals surface area contributed by atoms with Crippen LogP contribution in [0.15, 0.2) is 42.0 Å². The normalized spacial score (nSPS) is 13.9. The van der Waals surface area contributed by atoms with Gasteiger partial charge in [-0.05, 0) is 11.1 Å². The molecule has 1 aliphatic heterocycles. The lowest BCUT2D eigenvalue weighted by Gasteiger charge is -2.19. The number of esters is 1. The number of cyclic esters (lactones) is 1. The van der Waals surface area contributed by atoms with Crippen LogP contribution in [-0.4, -0.2) is 34.6 Å². The molecule has 0 saturated carbocycles. The topological polar surface area (TPSA) is 29.5 Å². The fourth-order valence-corrected chi connectivity index (χ4v) is 2.69. The van der Waals surface area contributed by atoms with E-state index in [1.54, 1.807) is 17.8 Å². The summed E-state index contributed by atoms with van der Waals surface area (Å²) in [6.07, 6.45) is 1.55. The van der Waals surface area contributed by atoms with E-state index in [1.165, 1.54) is 5.56 Å². The van der Waals surface area contributed by atoms with Crippen molar-refractivity contribution in [2.24, 2.45) is 0 Å². The zero-order valence-corrected chi connectivity index (χ0v) is 12.3. The van der Waals surface area contributed by atoms with Gasteiger partial charge in [-0.3, -0.25) is 0 Å². The van der Waals surface area contributed by atoms with Crippen molar-refractivity contribution in [1.29, 1.82) is 0 Å². The van der Waals surface area contributed by atoms with Gasteiger partial charge in [-0.2, -0.15) is 0 Å². The maximum absolute atomic E-state index is 10.9. The number of carbonyl (C=O) groups is 1. The molecule has 19 heavy (non-hydrogen) atoms. The quantitative estimate of drug-likeness (QED) is 0.629. The Morgan fingerprint density at radius 2 is 2.16 bits per heavy atom. The van der Waals surface area contributed by atoms with Crippen molar-refractivity contribution in [3.8, 4) is 0 Å². The minimum atomic E-state index is -0.251. The van der Waals surface area contributed by atoms with Gasteiger partial charge in [0.1, 0.15) is 10.9 Å². The highest BCUT2D eigenvalue weighted by Gasteiger charge is 2.14. The number of benzene rings is 1. The maximum Gasteiger partial charge on any atom is 0.331 e. The molecule has 0 unspecified atom stereocenters. The molecule has 1 heterocycles. The van der Waals surface area contributed by atoms with Crippen LogP contribution in [0.5, 0.6) is 0 Å². The van der Waals surface area contributed by atoms with Gasteiger partial charge in [0.05, 0.1) is 0 Å². The van der Waals surface area contributed by atoms with Crippen LogP contribution in [0.1, 0.15) is 5.56 Å². The number of ether oxygens (including phenoxy) is 1. The molecule has 1 aliphatic rings. The van der Waals surface area contributed by atoms with Crippen LogP contribution in [0.25, 0.3) is 0 Å². The van der Waals surface area contributed by atoms with Crippen molar-refractivity contribution >= 4 is 34.3 Å². The van der Waals surface area contributed by atoms with Gasteiger partial charge < -0.3 is 9.64 Å². The SMILES string of the molecule is CN(Cc1ccccc1)C(=S)SCC1=CC(=O)OC1. The molecule has 0 amide bonds. The standard InChI is InChI=1S/C14H15NO2S2/c1-15(8-11-5-3-2-4-6-11)14(18)19-10-12-7-13(16)17-9-12/h2-7H,8-10H2,1H3. The first-order valence-electron chi connectivity index (χ1n) is 5.93. The largest absolute Gasteiger partial charge is 0.458 e. The Bertz CT molecular complexity index is 499. The van der Waals surface area contributed by atoms with E-state index in [4.69, 9.17) is 17.0 Å². The van der Waals surface area contributed by atoms with Crippen molar-refractivity contribution in [3.05, 3.63) is 47.5 Å². The minimum absolute atomic E-state index is 0.251. The summed E-state index contributed by atoms with van der Waals surface area (Å²) in [7, 11) is 1.98. The lowest BCUT2D eigenvalue weighted by molar-refractivity contribution is -0.134. The van der Waals surface area contributed by atoms with Crippen LogP contribution in [-0.2, 0) is 16.1 Å². The first kappa shape index (κ1) is 14.1. The number of thiocarbonyl (C=S) groups is 1. The summed E-state index contributed by atoms with van der Waals surface area (Å²) in [6.45, 7) is 1.19. The molecule has 2 rings (SSSR count). The molecule has 0 fully saturated rings. The van der Waals surface area contributed by atoms with Gasteiger partial charge in [-0.1, -0.05) is 54.3 Å². The highest BCUT2D eigenvalue weighted by Crippen LogP contribution is 2.17. The molecule has 0 N–H and O–H groups in total. The van der Waals surface area contributed by atoms with Crippen LogP contribution in [0, 0.1) is 0 Å². The lowest BCUT2D eigenvalue weighted by atomic mass is 10.2. The number of carbonyl (C=O) groups excluding carboxylic acids is 1. The second-order valence-corrected chi connectivity index (χ2v) is 5.92. The third-order valence-corrected chi connectivity index (χ3v) is 4.42. The van der Waals surface area contributed by atoms with Gasteiger partial charge in [0, 0.05) is 25.4 Å². The van der Waals surface area contributed by atoms with Crippen LogP contribution < -0.4 is 0 Å². The minimum Gasteiger partial charge on any atom is -0.458 e. The van der Waals surface area contributed by atoms with Crippen molar-refractivity contribution in [2.45, 2.75) is 6.54 Å². The lowest BCUT2D eigenvalue weighted by Crippen LogP contribution is -2.22. The summed E-state index contributed by atoms with van der Waals surface area (Å²) in [6, 6.07) is 10.2. The van der Waals surface area contributed by atoms with E-state index in [9.17, 15) is 4.79 Å². The van der Waals surface area contributed by atoms with E-state index in [0.717, 1.165) is 16.4 Å². The zero-order chi connectivity index (χ0) is 13.7. The highest BCUT2D eigenvalue weighted by molar-refractivity contribution is 8.23. The van der Waals surface area contributed by atoms with Gasteiger partial charge in [-0.25, -0.2) is 4.79 Å². The number of rotatable bonds is 4. The third-order valence-electron chi connectivity index (χ3n) is 2.68. The van der Waals surface area contributed by atoms with Crippen LogP contribution in [0.2, 0.25) is 0 Å². The van der Waals surface area contributed by atoms with Crippen molar-refractivity contribution in [3.63, 3.8) is 0 Å². The molecule has 0 aromatic heterocycles. The Morgan fingerprint density at radius 1 is 1.42 bits per heavy atom. The molecule has 0 saturated heterocycles. The summed E-state index contributed by atoms with van der Waals surface area (Å²) < 4.78 is 5.68. The second-order valence-electron chi connectivity index (χ2n) is 4.31. The Morgan fingerprint density at radius 3 is 2.79 bits per heavy atom. The summed E-state index contributed by atoms with van der Waals surface area (Å²) in [4.78, 5) is 13.0. The van der Waals surface area contributed by atoms with Gasteiger partial charge >= 0.3 is 5.97 Å². The molecule has 3 nitrogen and oxygen atoms in total. The van der Waals surface area contributed by atoms with E-state index in [2.05, 4.69) is 12.1 Å². The fourth-order valence-electron chi connectivity index (χ4n) is 1.68. The molecule has 1 aromatic carbocycles. The molecule has 0 atom stereocenters. The van der Waals surface area contributed by atoms with E-state index in [0.29, 0.717) is 12.4 Å². The molecule has 1 aromatic rings. The van der Waals surface area contributed by atoms with Crippen LogP contribution >= 0.6 is 24.0 Å². The molecule has 0 radical (unpaired) electrons. The number of hydrogen-bond donors (Lipinski definition) is 0. The zero-order valence-electron chi connectivity index (χ0n) is 10.7. The van der Waals surface area contributed by atoms with Gasteiger partial charge in [0.15, 0.2) is 0 Å². The Balaban J connectivity index is 1.80. The fraction of sp³-hybridized carbons (Fsp3) is 0.286. The first-order chi connectivity index (χ1) is 9.15. The summed E-state index contributed by atoms with van der Waals surface area (Å²) >= 11 is 6.94. The number of hydrogen-bond acceptors (Lipinski definition) is 4. The smallest absolute Gasteiger partial charge is 0.331 e. The Kier molecular flexibility index (Phi) is 4.99. The summed E-state index contributed by atoms with van der Waals surface area (Å²) in [5.74, 6) is 0.461. The predicted molar refractivity (Wildman–Crippen MR) is 82.0 cm³/mol. The molecule has 0 bridgehead atoms. The van der Waals surface area contributed by atoms with Gasteiger partial charge in [0.2, 0.25) is 0 Å². The number of thioether (sulfide) groups is 1. The molecule has 5 heteroatoms. The van der Waals surface area contributed by atoms with E-state index >= 15 is 0 Å². The van der Waals surface area contributed by atoms with Crippen LogP contribution in [0.3, 0.4) is 0 Å². The van der Waals surface area contributed by atoms with Crippen molar-refractivity contribution < 1.29 is 9.53 Å². The molecular weight excluding hydrogens is 278 g/mol. The van der Waals surface area contributed by atoms with Gasteiger partial charge in [-0.15, -0.1) is 0 Å². The van der Waals surface area contributed by atoms with E-state index < -0.39 is 0 Å². The predicted octanol–water partition coefficient (Wildman–Crippen LogP) is 2.62. The molecule has 0 aliphatic carbocycles. The average Bonchev–Trinajstić information content (AvgIpc) is 2.83. The molecule has 0 spiro atoms. The average molecular weight is 293 g/mol.